The molecule has 0 nitrogen and oxygen atoms in total. The molecule has 0 aliphatic carbocycles. The van der Waals surface area contributed by atoms with Crippen molar-refractivity contribution < 1.29 is 17.6 Å². The zero-order chi connectivity index (χ0) is 7.65. The molecule has 0 unspecified atom stereocenters. The summed E-state index contributed by atoms with van der Waals surface area (Å²) in [6.07, 6.45) is -4.80. The molecule has 0 aromatic carbocycles. The fourth-order valence-electron chi connectivity index (χ4n) is 0.154. The zero-order valence-corrected chi connectivity index (χ0v) is 4.30. The lowest BCUT2D eigenvalue weighted by Gasteiger charge is -2.04. The van der Waals surface area contributed by atoms with E-state index in [1.807, 2.05) is 0 Å². The summed E-state index contributed by atoms with van der Waals surface area (Å²) in [5, 5.41) is 0. The number of alkyl halides is 3. The van der Waals surface area contributed by atoms with Crippen LogP contribution in [0.25, 0.3) is 0 Å². The molecule has 0 aromatic rings. The van der Waals surface area contributed by atoms with Gasteiger partial charge in [-0.3, -0.25) is 0 Å². The van der Waals surface area contributed by atoms with Crippen molar-refractivity contribution >= 4 is 0 Å². The Balaban J connectivity index is 4.23. The molecule has 4 heteroatoms. The monoisotopic (exact) mass is 139 g/mol. The van der Waals surface area contributed by atoms with Gasteiger partial charge in [0.05, 0.1) is 5.57 Å². The lowest BCUT2D eigenvalue weighted by atomic mass is 10.3. The molecule has 0 spiro atoms. The Labute approximate surface area is 49.5 Å². The summed E-state index contributed by atoms with van der Waals surface area (Å²) in [5.74, 6) is -1.65. The highest BCUT2D eigenvalue weighted by Gasteiger charge is 2.33. The standard InChI is InChI=1S/C5H3F4/c1-3(4(2)6)5(7,8)9/h1H,2H2. The second-order valence-corrected chi connectivity index (χ2v) is 1.32. The second kappa shape index (κ2) is 2.21. The summed E-state index contributed by atoms with van der Waals surface area (Å²) < 4.78 is 45.2. The van der Waals surface area contributed by atoms with Crippen molar-refractivity contribution in [2.45, 2.75) is 6.18 Å². The Kier molecular flexibility index (Phi) is 2.01. The number of allylic oxidation sites excluding steroid dienone is 2. The summed E-state index contributed by atoms with van der Waals surface area (Å²) in [4.78, 5) is 0. The quantitative estimate of drug-likeness (QED) is 0.386. The van der Waals surface area contributed by atoms with E-state index in [9.17, 15) is 17.6 Å². The minimum absolute atomic E-state index is 1.65. The zero-order valence-electron chi connectivity index (χ0n) is 4.30. The van der Waals surface area contributed by atoms with Crippen LogP contribution in [0.3, 0.4) is 0 Å². The topological polar surface area (TPSA) is 0 Å². The van der Waals surface area contributed by atoms with Crippen molar-refractivity contribution in [3.05, 3.63) is 24.6 Å². The first-order valence-electron chi connectivity index (χ1n) is 1.90. The predicted octanol–water partition coefficient (Wildman–Crippen LogP) is 2.39. The Bertz CT molecular complexity index is 142. The summed E-state index contributed by atoms with van der Waals surface area (Å²) in [6.45, 7) is 6.58. The number of halogens is 4. The van der Waals surface area contributed by atoms with Crippen molar-refractivity contribution in [3.8, 4) is 0 Å². The Morgan fingerprint density at radius 3 is 1.67 bits per heavy atom. The number of hydrogen-bond donors (Lipinski definition) is 0. The van der Waals surface area contributed by atoms with Gasteiger partial charge >= 0.3 is 6.18 Å². The normalized spacial score (nSPS) is 11.1. The van der Waals surface area contributed by atoms with Crippen LogP contribution < -0.4 is 0 Å². The molecular formula is C5H3F4. The molecule has 0 fully saturated rings. The molecule has 0 aliphatic rings. The predicted molar refractivity (Wildman–Crippen MR) is 24.1 cm³/mol. The first-order chi connectivity index (χ1) is 3.85. The number of rotatable bonds is 1. The molecule has 0 bridgehead atoms. The first kappa shape index (κ1) is 8.20. The Morgan fingerprint density at radius 1 is 1.33 bits per heavy atom. The van der Waals surface area contributed by atoms with Gasteiger partial charge in [-0.2, -0.15) is 13.2 Å². The SMILES string of the molecule is [CH]=C(C(=C)F)C(F)(F)F. The van der Waals surface area contributed by atoms with E-state index in [0.29, 0.717) is 0 Å². The van der Waals surface area contributed by atoms with Gasteiger partial charge in [-0.05, 0) is 6.58 Å². The third-order valence-corrected chi connectivity index (χ3v) is 0.598. The molecule has 0 rings (SSSR count). The van der Waals surface area contributed by atoms with E-state index in [4.69, 9.17) is 0 Å². The lowest BCUT2D eigenvalue weighted by molar-refractivity contribution is -0.0909. The molecule has 0 heterocycles. The highest BCUT2D eigenvalue weighted by molar-refractivity contribution is 5.21. The van der Waals surface area contributed by atoms with Crippen LogP contribution in [0.4, 0.5) is 17.6 Å². The van der Waals surface area contributed by atoms with Gasteiger partial charge in [-0.15, -0.1) is 0 Å². The van der Waals surface area contributed by atoms with E-state index >= 15 is 0 Å². The molecule has 1 radical (unpaired) electrons. The van der Waals surface area contributed by atoms with Gasteiger partial charge in [0.1, 0.15) is 5.83 Å². The van der Waals surface area contributed by atoms with Gasteiger partial charge in [-0.1, -0.05) is 6.58 Å². The molecule has 0 saturated heterocycles. The van der Waals surface area contributed by atoms with E-state index in [-0.39, 0.29) is 0 Å². The molecule has 0 amide bonds. The number of hydrogen-bond acceptors (Lipinski definition) is 0. The maximum Gasteiger partial charge on any atom is 0.419 e. The van der Waals surface area contributed by atoms with Crippen molar-refractivity contribution in [2.24, 2.45) is 0 Å². The van der Waals surface area contributed by atoms with E-state index < -0.39 is 17.6 Å². The summed E-state index contributed by atoms with van der Waals surface area (Å²) in [7, 11) is 0. The van der Waals surface area contributed by atoms with Crippen molar-refractivity contribution in [1.29, 1.82) is 0 Å². The summed E-state index contributed by atoms with van der Waals surface area (Å²) in [5.41, 5.74) is -1.78. The largest absolute Gasteiger partial charge is 0.419 e. The third-order valence-electron chi connectivity index (χ3n) is 0.598. The van der Waals surface area contributed by atoms with Crippen LogP contribution in [0.1, 0.15) is 0 Å². The van der Waals surface area contributed by atoms with Gasteiger partial charge in [-0.25, -0.2) is 4.39 Å². The summed E-state index contributed by atoms with van der Waals surface area (Å²) in [6, 6.07) is 0. The minimum atomic E-state index is -4.80. The van der Waals surface area contributed by atoms with Gasteiger partial charge in [0.25, 0.3) is 0 Å². The highest BCUT2D eigenvalue weighted by atomic mass is 19.4. The van der Waals surface area contributed by atoms with Gasteiger partial charge < -0.3 is 0 Å². The molecule has 0 atom stereocenters. The van der Waals surface area contributed by atoms with E-state index in [0.717, 1.165) is 0 Å². The molecular weight excluding hydrogens is 136 g/mol. The highest BCUT2D eigenvalue weighted by Crippen LogP contribution is 2.28. The van der Waals surface area contributed by atoms with Crippen LogP contribution in [-0.2, 0) is 0 Å². The molecule has 51 valence electrons. The van der Waals surface area contributed by atoms with Gasteiger partial charge in [0.2, 0.25) is 0 Å². The maximum absolute atomic E-state index is 11.5. The average molecular weight is 139 g/mol. The Morgan fingerprint density at radius 2 is 1.67 bits per heavy atom. The fraction of sp³-hybridized carbons (Fsp3) is 0.200. The van der Waals surface area contributed by atoms with E-state index in [1.54, 1.807) is 0 Å². The van der Waals surface area contributed by atoms with Gasteiger partial charge in [0, 0.05) is 0 Å². The minimum Gasteiger partial charge on any atom is -0.207 e. The smallest absolute Gasteiger partial charge is 0.207 e. The molecule has 0 aliphatic heterocycles. The van der Waals surface area contributed by atoms with Crippen LogP contribution in [0.15, 0.2) is 18.0 Å². The first-order valence-corrected chi connectivity index (χ1v) is 1.90. The fourth-order valence-corrected chi connectivity index (χ4v) is 0.154. The average Bonchev–Trinajstić information content (AvgIpc) is 1.62. The molecule has 0 aromatic heterocycles. The lowest BCUT2D eigenvalue weighted by Crippen LogP contribution is -2.10. The van der Waals surface area contributed by atoms with Crippen LogP contribution in [0.2, 0.25) is 0 Å². The van der Waals surface area contributed by atoms with Crippen molar-refractivity contribution in [1.82, 2.24) is 0 Å². The maximum atomic E-state index is 11.5. The van der Waals surface area contributed by atoms with E-state index in [2.05, 4.69) is 13.2 Å². The van der Waals surface area contributed by atoms with Crippen LogP contribution in [-0.4, -0.2) is 6.18 Å². The van der Waals surface area contributed by atoms with Gasteiger partial charge in [0.15, 0.2) is 0 Å². The van der Waals surface area contributed by atoms with Crippen LogP contribution in [0, 0.1) is 6.58 Å². The Hall–Kier alpha value is -0.800. The van der Waals surface area contributed by atoms with Crippen molar-refractivity contribution in [3.63, 3.8) is 0 Å². The molecule has 0 saturated carbocycles. The second-order valence-electron chi connectivity index (χ2n) is 1.32. The third kappa shape index (κ3) is 2.30. The van der Waals surface area contributed by atoms with Crippen LogP contribution in [0.5, 0.6) is 0 Å². The van der Waals surface area contributed by atoms with E-state index in [1.165, 1.54) is 0 Å². The van der Waals surface area contributed by atoms with Crippen LogP contribution >= 0.6 is 0 Å². The van der Waals surface area contributed by atoms with Crippen molar-refractivity contribution in [2.75, 3.05) is 0 Å². The molecule has 9 heavy (non-hydrogen) atoms. The molecule has 0 N–H and O–H groups in total. The summed E-state index contributed by atoms with van der Waals surface area (Å²) >= 11 is 0.